The zero-order valence-corrected chi connectivity index (χ0v) is 18.5. The fourth-order valence-electron chi connectivity index (χ4n) is 4.31. The lowest BCUT2D eigenvalue weighted by molar-refractivity contribution is 0.0634. The predicted octanol–water partition coefficient (Wildman–Crippen LogP) is 3.94. The smallest absolute Gasteiger partial charge is 0.317 e. The van der Waals surface area contributed by atoms with Gasteiger partial charge in [-0.25, -0.2) is 4.79 Å². The molecule has 7 heteroatoms. The number of carbonyl (C=O) groups is 2. The van der Waals surface area contributed by atoms with Crippen molar-refractivity contribution in [3.63, 3.8) is 0 Å². The van der Waals surface area contributed by atoms with Gasteiger partial charge in [-0.05, 0) is 59.4 Å². The first-order chi connectivity index (χ1) is 16.2. The summed E-state index contributed by atoms with van der Waals surface area (Å²) in [6, 6.07) is 17.9. The average Bonchev–Trinajstić information content (AvgIpc) is 3.42. The van der Waals surface area contributed by atoms with Crippen LogP contribution < -0.4 is 10.1 Å². The van der Waals surface area contributed by atoms with Crippen LogP contribution in [0.1, 0.15) is 28.1 Å². The summed E-state index contributed by atoms with van der Waals surface area (Å²) in [6.45, 7) is 3.24. The molecule has 33 heavy (non-hydrogen) atoms. The van der Waals surface area contributed by atoms with E-state index in [-0.39, 0.29) is 11.9 Å². The third-order valence-electron chi connectivity index (χ3n) is 6.23. The molecule has 0 aliphatic carbocycles. The Kier molecular flexibility index (Phi) is 6.02. The summed E-state index contributed by atoms with van der Waals surface area (Å²) in [5.41, 5.74) is 4.63. The van der Waals surface area contributed by atoms with Crippen LogP contribution in [0.2, 0.25) is 0 Å². The van der Waals surface area contributed by atoms with Crippen LogP contribution >= 0.6 is 0 Å². The maximum atomic E-state index is 12.6. The number of hydrogen-bond acceptors (Lipinski definition) is 4. The van der Waals surface area contributed by atoms with E-state index in [1.54, 1.807) is 21.9 Å². The number of carbonyl (C=O) groups excluding carboxylic acids is 2. The Hall–Kier alpha value is -3.74. The van der Waals surface area contributed by atoms with Crippen LogP contribution in [0.4, 0.5) is 4.79 Å². The summed E-state index contributed by atoms with van der Waals surface area (Å²) < 4.78 is 10.9. The Morgan fingerprint density at radius 2 is 1.67 bits per heavy atom. The second kappa shape index (κ2) is 9.40. The Labute approximate surface area is 192 Å². The summed E-state index contributed by atoms with van der Waals surface area (Å²) in [7, 11) is 0. The molecule has 3 amide bonds. The maximum Gasteiger partial charge on any atom is 0.317 e. The van der Waals surface area contributed by atoms with Gasteiger partial charge in [0.15, 0.2) is 5.76 Å². The fraction of sp³-hybridized carbons (Fsp3) is 0.308. The normalized spacial score (nSPS) is 15.5. The van der Waals surface area contributed by atoms with Gasteiger partial charge in [0.1, 0.15) is 5.75 Å². The molecule has 2 aliphatic heterocycles. The first-order valence-electron chi connectivity index (χ1n) is 11.4. The minimum atomic E-state index is -0.133. The number of nitrogens with zero attached hydrogens (tertiary/aromatic N) is 2. The molecule has 0 unspecified atom stereocenters. The van der Waals surface area contributed by atoms with Crippen LogP contribution in [-0.4, -0.2) is 54.5 Å². The van der Waals surface area contributed by atoms with E-state index in [0.717, 1.165) is 36.3 Å². The minimum absolute atomic E-state index is 0.112. The molecule has 1 saturated heterocycles. The largest absolute Gasteiger partial charge is 0.493 e. The zero-order valence-electron chi connectivity index (χ0n) is 18.5. The van der Waals surface area contributed by atoms with Crippen molar-refractivity contribution in [3.05, 3.63) is 77.7 Å². The van der Waals surface area contributed by atoms with Crippen molar-refractivity contribution in [1.82, 2.24) is 15.1 Å². The summed E-state index contributed by atoms with van der Waals surface area (Å²) in [5.74, 6) is 1.20. The highest BCUT2D eigenvalue weighted by molar-refractivity contribution is 5.91. The summed E-state index contributed by atoms with van der Waals surface area (Å²) in [4.78, 5) is 28.4. The van der Waals surface area contributed by atoms with Crippen molar-refractivity contribution in [2.75, 3.05) is 32.8 Å². The SMILES string of the molecule is O=C(NCc1ccc(-c2ccc3c(c2)CCCO3)cc1)N1CCN(C(=O)c2ccco2)CC1. The lowest BCUT2D eigenvalue weighted by Crippen LogP contribution is -2.53. The van der Waals surface area contributed by atoms with E-state index in [2.05, 4.69) is 35.6 Å². The van der Waals surface area contributed by atoms with E-state index in [4.69, 9.17) is 9.15 Å². The van der Waals surface area contributed by atoms with Crippen molar-refractivity contribution in [1.29, 1.82) is 0 Å². The molecule has 2 aliphatic rings. The fourth-order valence-corrected chi connectivity index (χ4v) is 4.31. The number of piperazine rings is 1. The van der Waals surface area contributed by atoms with Gasteiger partial charge in [-0.3, -0.25) is 4.79 Å². The van der Waals surface area contributed by atoms with Gasteiger partial charge in [-0.1, -0.05) is 30.3 Å². The van der Waals surface area contributed by atoms with Crippen molar-refractivity contribution >= 4 is 11.9 Å². The number of aryl methyl sites for hydroxylation is 1. The van der Waals surface area contributed by atoms with Gasteiger partial charge in [0.05, 0.1) is 12.9 Å². The number of benzene rings is 2. The van der Waals surface area contributed by atoms with Gasteiger partial charge in [0, 0.05) is 32.7 Å². The van der Waals surface area contributed by atoms with E-state index in [1.165, 1.54) is 17.4 Å². The van der Waals surface area contributed by atoms with Crippen molar-refractivity contribution in [2.24, 2.45) is 0 Å². The summed E-state index contributed by atoms with van der Waals surface area (Å²) >= 11 is 0. The molecule has 3 aromatic rings. The molecule has 5 rings (SSSR count). The molecule has 0 saturated carbocycles. The minimum Gasteiger partial charge on any atom is -0.493 e. The lowest BCUT2D eigenvalue weighted by atomic mass is 9.98. The van der Waals surface area contributed by atoms with Crippen molar-refractivity contribution < 1.29 is 18.7 Å². The van der Waals surface area contributed by atoms with Gasteiger partial charge < -0.3 is 24.3 Å². The number of urea groups is 1. The standard InChI is InChI=1S/C26H27N3O4/c30-25(24-4-2-16-33-24)28-11-13-29(14-12-28)26(31)27-18-19-5-7-20(8-6-19)21-9-10-23-22(17-21)3-1-15-32-23/h2,4-10,16-17H,1,3,11-15,18H2,(H,27,31). The first kappa shape index (κ1) is 21.1. The highest BCUT2D eigenvalue weighted by atomic mass is 16.5. The van der Waals surface area contributed by atoms with E-state index >= 15 is 0 Å². The van der Waals surface area contributed by atoms with E-state index in [1.807, 2.05) is 12.1 Å². The van der Waals surface area contributed by atoms with Gasteiger partial charge in [0.2, 0.25) is 0 Å². The second-order valence-electron chi connectivity index (χ2n) is 8.39. The molecule has 2 aromatic carbocycles. The number of fused-ring (bicyclic) bond motifs is 1. The summed E-state index contributed by atoms with van der Waals surface area (Å²) in [6.07, 6.45) is 3.61. The van der Waals surface area contributed by atoms with E-state index < -0.39 is 0 Å². The molecule has 0 spiro atoms. The molecule has 0 bridgehead atoms. The molecule has 1 aromatic heterocycles. The first-order valence-corrected chi connectivity index (χ1v) is 11.4. The molecular weight excluding hydrogens is 418 g/mol. The van der Waals surface area contributed by atoms with Crippen LogP contribution in [0.5, 0.6) is 5.75 Å². The van der Waals surface area contributed by atoms with Crippen LogP contribution in [-0.2, 0) is 13.0 Å². The van der Waals surface area contributed by atoms with Crippen LogP contribution in [0.3, 0.4) is 0 Å². The van der Waals surface area contributed by atoms with Gasteiger partial charge in [-0.2, -0.15) is 0 Å². The number of ether oxygens (including phenoxy) is 1. The molecule has 0 radical (unpaired) electrons. The summed E-state index contributed by atoms with van der Waals surface area (Å²) in [5, 5.41) is 2.99. The monoisotopic (exact) mass is 445 g/mol. The second-order valence-corrected chi connectivity index (χ2v) is 8.39. The maximum absolute atomic E-state index is 12.6. The van der Waals surface area contributed by atoms with Gasteiger partial charge >= 0.3 is 6.03 Å². The van der Waals surface area contributed by atoms with Crippen molar-refractivity contribution in [2.45, 2.75) is 19.4 Å². The van der Waals surface area contributed by atoms with Gasteiger partial charge in [-0.15, -0.1) is 0 Å². The quantitative estimate of drug-likeness (QED) is 0.660. The third kappa shape index (κ3) is 4.72. The Bertz CT molecular complexity index is 1120. The van der Waals surface area contributed by atoms with E-state index in [9.17, 15) is 9.59 Å². The highest BCUT2D eigenvalue weighted by Crippen LogP contribution is 2.30. The molecule has 3 heterocycles. The van der Waals surface area contributed by atoms with Crippen LogP contribution in [0, 0.1) is 0 Å². The number of nitrogens with one attached hydrogen (secondary N) is 1. The molecule has 1 N–H and O–H groups in total. The molecule has 170 valence electrons. The molecule has 7 nitrogen and oxygen atoms in total. The van der Waals surface area contributed by atoms with Gasteiger partial charge in [0.25, 0.3) is 5.91 Å². The Morgan fingerprint density at radius 3 is 2.42 bits per heavy atom. The number of furan rings is 1. The van der Waals surface area contributed by atoms with Crippen LogP contribution in [0.25, 0.3) is 11.1 Å². The lowest BCUT2D eigenvalue weighted by Gasteiger charge is -2.34. The molecule has 0 atom stereocenters. The average molecular weight is 446 g/mol. The molecular formula is C26H27N3O4. The Balaban J connectivity index is 1.12. The molecule has 1 fully saturated rings. The van der Waals surface area contributed by atoms with E-state index in [0.29, 0.717) is 38.5 Å². The number of rotatable bonds is 4. The predicted molar refractivity (Wildman–Crippen MR) is 124 cm³/mol. The third-order valence-corrected chi connectivity index (χ3v) is 6.23. The van der Waals surface area contributed by atoms with Crippen LogP contribution in [0.15, 0.2) is 65.3 Å². The zero-order chi connectivity index (χ0) is 22.6. The Morgan fingerprint density at radius 1 is 0.909 bits per heavy atom. The number of amides is 3. The topological polar surface area (TPSA) is 75.0 Å². The number of hydrogen-bond donors (Lipinski definition) is 1. The highest BCUT2D eigenvalue weighted by Gasteiger charge is 2.25. The van der Waals surface area contributed by atoms with Crippen molar-refractivity contribution in [3.8, 4) is 16.9 Å².